The second kappa shape index (κ2) is 16.8. The van der Waals surface area contributed by atoms with Gasteiger partial charge in [-0.1, -0.05) is 26.0 Å². The minimum Gasteiger partial charge on any atom is -0.497 e. The van der Waals surface area contributed by atoms with Gasteiger partial charge in [-0.2, -0.15) is 18.2 Å². The molecule has 1 aromatic carbocycles. The Morgan fingerprint density at radius 1 is 1.08 bits per heavy atom. The first kappa shape index (κ1) is 45.7. The lowest BCUT2D eigenvalue weighted by molar-refractivity contribution is -0.244. The van der Waals surface area contributed by atoms with Crippen molar-refractivity contribution < 1.29 is 59.7 Å². The summed E-state index contributed by atoms with van der Waals surface area (Å²) in [6.07, 6.45) is -1.77. The van der Waals surface area contributed by atoms with Crippen molar-refractivity contribution in [2.45, 2.75) is 140 Å². The average molecular weight is 880 g/mol. The molecule has 15 nitrogen and oxygen atoms in total. The van der Waals surface area contributed by atoms with Crippen LogP contribution in [0.3, 0.4) is 0 Å². The van der Waals surface area contributed by atoms with Crippen LogP contribution in [0, 0.1) is 17.8 Å². The Bertz CT molecular complexity index is 2180. The number of carbonyl (C=O) groups is 4. The molecule has 2 aromatic rings. The van der Waals surface area contributed by atoms with Crippen molar-refractivity contribution in [3.63, 3.8) is 0 Å². The van der Waals surface area contributed by atoms with Crippen molar-refractivity contribution in [3.8, 4) is 17.5 Å². The SMILES string of the molecule is COc1ccc2c(O[C@@H]3C[C@H]4C(=O)N[C@]5(C(=O)NS(=O)(=O)C6(C)CC6)C[C@H]5C=CCC[C@@H](C)C[C@@H](C)[C@H](NC(=O)OC(C)(C)C(F)(F)F)C(=O)N4C3)nc(OC(C)C)cc2c1. The smallest absolute Gasteiger partial charge is 0.427 e. The van der Waals surface area contributed by atoms with Gasteiger partial charge in [-0.05, 0) is 109 Å². The number of allylic oxidation sites excluding steroid dienone is 1. The number of aromatic nitrogens is 1. The molecule has 3 heterocycles. The number of alkyl carbamates (subject to hydrolysis) is 1. The highest BCUT2D eigenvalue weighted by Gasteiger charge is 2.63. The van der Waals surface area contributed by atoms with Gasteiger partial charge in [0.25, 0.3) is 5.91 Å². The zero-order valence-electron chi connectivity index (χ0n) is 35.7. The summed E-state index contributed by atoms with van der Waals surface area (Å²) in [6, 6.07) is 4.11. The number of hydrogen-bond donors (Lipinski definition) is 3. The Hall–Kier alpha value is -4.81. The number of halogens is 3. The molecule has 0 bridgehead atoms. The molecule has 0 spiro atoms. The molecule has 1 saturated heterocycles. The summed E-state index contributed by atoms with van der Waals surface area (Å²) in [5.74, 6) is -2.86. The van der Waals surface area contributed by atoms with Crippen molar-refractivity contribution in [2.24, 2.45) is 17.8 Å². The molecular formula is C42H56F3N5O10S. The maximum Gasteiger partial charge on any atom is 0.427 e. The molecule has 6 rings (SSSR count). The lowest BCUT2D eigenvalue weighted by atomic mass is 9.88. The fourth-order valence-corrected chi connectivity index (χ4v) is 9.21. The molecule has 61 heavy (non-hydrogen) atoms. The highest BCUT2D eigenvalue weighted by molar-refractivity contribution is 7.91. The number of hydrogen-bond acceptors (Lipinski definition) is 11. The molecular weight excluding hydrogens is 824 g/mol. The zero-order chi connectivity index (χ0) is 44.9. The summed E-state index contributed by atoms with van der Waals surface area (Å²) in [6.45, 7) is 9.94. The van der Waals surface area contributed by atoms with Crippen LogP contribution >= 0.6 is 0 Å². The summed E-state index contributed by atoms with van der Waals surface area (Å²) in [4.78, 5) is 62.5. The molecule has 19 heteroatoms. The number of nitrogens with zero attached hydrogens (tertiary/aromatic N) is 2. The number of ether oxygens (including phenoxy) is 4. The van der Waals surface area contributed by atoms with E-state index in [9.17, 15) is 40.8 Å². The van der Waals surface area contributed by atoms with Crippen LogP contribution < -0.4 is 29.6 Å². The summed E-state index contributed by atoms with van der Waals surface area (Å²) < 4.78 is 91.6. The average Bonchev–Trinajstić information content (AvgIpc) is 4.04. The van der Waals surface area contributed by atoms with Crippen LogP contribution in [0.15, 0.2) is 36.4 Å². The van der Waals surface area contributed by atoms with Gasteiger partial charge in [0.05, 0.1) is 24.5 Å². The van der Waals surface area contributed by atoms with Crippen LogP contribution in [0.25, 0.3) is 10.8 Å². The van der Waals surface area contributed by atoms with Crippen LogP contribution in [0.1, 0.15) is 93.4 Å². The van der Waals surface area contributed by atoms with E-state index in [4.69, 9.17) is 18.9 Å². The number of fused-ring (bicyclic) bond motifs is 3. The maximum atomic E-state index is 14.9. The molecule has 4 amide bonds. The molecule has 2 aliphatic heterocycles. The topological polar surface area (TPSA) is 192 Å². The van der Waals surface area contributed by atoms with Gasteiger partial charge in [0.15, 0.2) is 0 Å². The summed E-state index contributed by atoms with van der Waals surface area (Å²) in [5.41, 5.74) is -4.56. The van der Waals surface area contributed by atoms with Gasteiger partial charge in [0.1, 0.15) is 29.5 Å². The van der Waals surface area contributed by atoms with Crippen molar-refractivity contribution in [2.75, 3.05) is 13.7 Å². The second-order valence-electron chi connectivity index (χ2n) is 18.0. The van der Waals surface area contributed by atoms with Crippen molar-refractivity contribution in [3.05, 3.63) is 36.4 Å². The highest BCUT2D eigenvalue weighted by atomic mass is 32.2. The molecule has 2 saturated carbocycles. The second-order valence-corrected chi connectivity index (χ2v) is 20.2. The van der Waals surface area contributed by atoms with Crippen molar-refractivity contribution in [1.82, 2.24) is 25.2 Å². The molecule has 1 aromatic heterocycles. The Balaban J connectivity index is 1.38. The minimum absolute atomic E-state index is 0.0512. The van der Waals surface area contributed by atoms with E-state index < -0.39 is 85.9 Å². The van der Waals surface area contributed by atoms with E-state index >= 15 is 0 Å². The van der Waals surface area contributed by atoms with Crippen LogP contribution in [0.5, 0.6) is 17.5 Å². The third kappa shape index (κ3) is 9.81. The van der Waals surface area contributed by atoms with Crippen LogP contribution in [0.4, 0.5) is 18.0 Å². The zero-order valence-corrected chi connectivity index (χ0v) is 36.5. The number of pyridine rings is 1. The molecule has 2 aliphatic carbocycles. The predicted octanol–water partition coefficient (Wildman–Crippen LogP) is 5.70. The van der Waals surface area contributed by atoms with Crippen LogP contribution in [-0.2, 0) is 29.1 Å². The Labute approximate surface area is 353 Å². The highest BCUT2D eigenvalue weighted by Crippen LogP contribution is 2.48. The van der Waals surface area contributed by atoms with Crippen LogP contribution in [0.2, 0.25) is 0 Å². The molecule has 0 radical (unpaired) electrons. The first-order valence-electron chi connectivity index (χ1n) is 20.6. The van der Waals surface area contributed by atoms with E-state index in [0.29, 0.717) is 62.5 Å². The summed E-state index contributed by atoms with van der Waals surface area (Å²) in [5, 5.41) is 6.41. The van der Waals surface area contributed by atoms with Gasteiger partial charge in [0.2, 0.25) is 39.2 Å². The number of nitrogens with one attached hydrogen (secondary N) is 3. The molecule has 3 N–H and O–H groups in total. The number of benzene rings is 1. The molecule has 4 aliphatic rings. The van der Waals surface area contributed by atoms with Gasteiger partial charge < -0.3 is 34.5 Å². The minimum atomic E-state index is -4.92. The quantitative estimate of drug-likeness (QED) is 0.248. The fourth-order valence-electron chi connectivity index (χ4n) is 7.90. The van der Waals surface area contributed by atoms with Gasteiger partial charge in [-0.25, -0.2) is 13.2 Å². The normalized spacial score (nSPS) is 28.1. The number of methoxy groups -OCH3 is 1. The number of amides is 4. The lowest BCUT2D eigenvalue weighted by Gasteiger charge is -2.34. The van der Waals surface area contributed by atoms with Crippen molar-refractivity contribution in [1.29, 1.82) is 0 Å². The lowest BCUT2D eigenvalue weighted by Crippen LogP contribution is -2.59. The Morgan fingerprint density at radius 3 is 2.43 bits per heavy atom. The van der Waals surface area contributed by atoms with Crippen molar-refractivity contribution >= 4 is 44.6 Å². The number of sulfonamides is 1. The fraction of sp³-hybridized carbons (Fsp3) is 0.643. The van der Waals surface area contributed by atoms with Gasteiger partial charge in [-0.3, -0.25) is 19.1 Å². The van der Waals surface area contributed by atoms with E-state index in [1.54, 1.807) is 37.3 Å². The molecule has 336 valence electrons. The number of rotatable bonds is 10. The summed E-state index contributed by atoms with van der Waals surface area (Å²) >= 11 is 0. The van der Waals surface area contributed by atoms with E-state index in [-0.39, 0.29) is 43.2 Å². The predicted molar refractivity (Wildman–Crippen MR) is 217 cm³/mol. The van der Waals surface area contributed by atoms with Crippen LogP contribution in [-0.4, -0.2) is 102 Å². The number of alkyl halides is 3. The Kier molecular flexibility index (Phi) is 12.6. The number of carbonyl (C=O) groups excluding carboxylic acids is 4. The van der Waals surface area contributed by atoms with E-state index in [1.807, 2.05) is 26.8 Å². The molecule has 0 unspecified atom stereocenters. The summed E-state index contributed by atoms with van der Waals surface area (Å²) in [7, 11) is -2.57. The molecule has 7 atom stereocenters. The van der Waals surface area contributed by atoms with E-state index in [0.717, 1.165) is 0 Å². The van der Waals surface area contributed by atoms with E-state index in [2.05, 4.69) is 20.3 Å². The maximum absolute atomic E-state index is 14.9. The van der Waals surface area contributed by atoms with Gasteiger partial charge >= 0.3 is 12.3 Å². The largest absolute Gasteiger partial charge is 0.497 e. The first-order chi connectivity index (χ1) is 28.4. The first-order valence-corrected chi connectivity index (χ1v) is 22.1. The third-order valence-corrected chi connectivity index (χ3v) is 14.3. The Morgan fingerprint density at radius 2 is 1.79 bits per heavy atom. The standard InChI is InChI=1S/C42H56F3N5O10S/c1-23(2)58-32-19-26-18-28(57-8)13-14-30(26)35(46-32)59-29-20-31-34(51)48-41(37(53)49-61(55,56)40(7)15-16-40)21-27(41)12-10-9-11-24(3)17-25(4)33(36(52)50(31)22-29)47-38(54)60-39(5,6)42(43,44)45/h10,12-14,18-19,23-25,27,29,31,33H,9,11,15-17,20-22H2,1-8H3,(H,47,54)(H,48,51)(H,49,53)/t24-,25-,27-,29-,31+,33+,41-/m1/s1. The van der Waals surface area contributed by atoms with Gasteiger partial charge in [0, 0.05) is 23.8 Å². The van der Waals surface area contributed by atoms with E-state index in [1.165, 1.54) is 18.9 Å². The monoisotopic (exact) mass is 879 g/mol. The van der Waals surface area contributed by atoms with Gasteiger partial charge in [-0.15, -0.1) is 0 Å². The third-order valence-electron chi connectivity index (χ3n) is 12.2. The molecule has 3 fully saturated rings.